The Bertz CT molecular complexity index is 853. The van der Waals surface area contributed by atoms with E-state index < -0.39 is 10.0 Å². The Morgan fingerprint density at radius 3 is 2.31 bits per heavy atom. The summed E-state index contributed by atoms with van der Waals surface area (Å²) in [6.07, 6.45) is 2.73. The van der Waals surface area contributed by atoms with Crippen LogP contribution in [-0.4, -0.2) is 61.2 Å². The lowest BCUT2D eigenvalue weighted by atomic mass is 10.1. The molecule has 1 aromatic rings. The minimum Gasteiger partial charge on any atom is -0.350 e. The molecule has 0 aromatic heterocycles. The number of carbonyl (C=O) groups excluding carboxylic acids is 2. The van der Waals surface area contributed by atoms with Crippen molar-refractivity contribution >= 4 is 21.8 Å². The van der Waals surface area contributed by atoms with Crippen LogP contribution < -0.4 is 5.32 Å². The number of amides is 2. The lowest BCUT2D eigenvalue weighted by Crippen LogP contribution is -2.47. The summed E-state index contributed by atoms with van der Waals surface area (Å²) in [6.45, 7) is 10.4. The van der Waals surface area contributed by atoms with Crippen LogP contribution in [-0.2, 0) is 14.8 Å². The first-order chi connectivity index (χ1) is 13.5. The number of piperidine rings is 1. The summed E-state index contributed by atoms with van der Waals surface area (Å²) in [7, 11) is -3.64. The molecule has 0 spiro atoms. The second kappa shape index (κ2) is 9.26. The lowest BCUT2D eigenvalue weighted by Gasteiger charge is -2.27. The normalized spacial score (nSPS) is 15.8. The first-order valence-corrected chi connectivity index (χ1v) is 11.6. The number of nitrogens with one attached hydrogen (secondary N) is 1. The molecule has 0 unspecified atom stereocenters. The van der Waals surface area contributed by atoms with E-state index >= 15 is 0 Å². The van der Waals surface area contributed by atoms with Crippen LogP contribution in [0.3, 0.4) is 0 Å². The summed E-state index contributed by atoms with van der Waals surface area (Å²) < 4.78 is 27.7. The second-order valence-electron chi connectivity index (χ2n) is 8.56. The van der Waals surface area contributed by atoms with Crippen LogP contribution in [0.1, 0.15) is 62.9 Å². The van der Waals surface area contributed by atoms with Crippen LogP contribution in [0.2, 0.25) is 0 Å². The molecule has 0 bridgehead atoms. The maximum atomic E-state index is 13.1. The quantitative estimate of drug-likeness (QED) is 0.762. The highest BCUT2D eigenvalue weighted by molar-refractivity contribution is 7.89. The molecule has 2 amide bonds. The molecule has 2 rings (SSSR count). The van der Waals surface area contributed by atoms with Gasteiger partial charge < -0.3 is 10.2 Å². The predicted molar refractivity (Wildman–Crippen MR) is 113 cm³/mol. The van der Waals surface area contributed by atoms with Crippen molar-refractivity contribution in [3.8, 4) is 0 Å². The monoisotopic (exact) mass is 423 g/mol. The maximum absolute atomic E-state index is 13.1. The van der Waals surface area contributed by atoms with Gasteiger partial charge in [0.1, 0.15) is 0 Å². The fourth-order valence-corrected chi connectivity index (χ4v) is 5.16. The van der Waals surface area contributed by atoms with Gasteiger partial charge >= 0.3 is 0 Å². The number of hydrogen-bond donors (Lipinski definition) is 1. The van der Waals surface area contributed by atoms with E-state index in [1.165, 1.54) is 15.3 Å². The van der Waals surface area contributed by atoms with Crippen LogP contribution in [0, 0.1) is 6.92 Å². The van der Waals surface area contributed by atoms with E-state index in [-0.39, 0.29) is 34.4 Å². The van der Waals surface area contributed by atoms with Gasteiger partial charge in [-0.25, -0.2) is 8.42 Å². The van der Waals surface area contributed by atoms with Crippen LogP contribution >= 0.6 is 0 Å². The third-order valence-electron chi connectivity index (χ3n) is 4.89. The number of rotatable bonds is 6. The summed E-state index contributed by atoms with van der Waals surface area (Å²) in [6, 6.07) is 4.73. The number of hydrogen-bond acceptors (Lipinski definition) is 4. The van der Waals surface area contributed by atoms with Crippen LogP contribution in [0.4, 0.5) is 0 Å². The Morgan fingerprint density at radius 1 is 1.14 bits per heavy atom. The van der Waals surface area contributed by atoms with E-state index in [2.05, 4.69) is 5.32 Å². The summed E-state index contributed by atoms with van der Waals surface area (Å²) in [5.74, 6) is -0.604. The van der Waals surface area contributed by atoms with Crippen molar-refractivity contribution in [3.05, 3.63) is 29.3 Å². The molecule has 0 saturated carbocycles. The van der Waals surface area contributed by atoms with Gasteiger partial charge in [0.15, 0.2) is 0 Å². The molecule has 0 atom stereocenters. The van der Waals surface area contributed by atoms with Crippen molar-refractivity contribution in [2.75, 3.05) is 26.2 Å². The highest BCUT2D eigenvalue weighted by Gasteiger charge is 2.29. The van der Waals surface area contributed by atoms with E-state index in [9.17, 15) is 18.0 Å². The summed E-state index contributed by atoms with van der Waals surface area (Å²) in [5.41, 5.74) is 0.497. The molecular formula is C21H33N3O4S. The molecule has 1 saturated heterocycles. The lowest BCUT2D eigenvalue weighted by molar-refractivity contribution is -0.123. The van der Waals surface area contributed by atoms with Gasteiger partial charge in [-0.1, -0.05) is 12.5 Å². The Morgan fingerprint density at radius 2 is 1.76 bits per heavy atom. The fraction of sp³-hybridized carbons (Fsp3) is 0.619. The Hall–Kier alpha value is -1.93. The Kier molecular flexibility index (Phi) is 7.45. The molecule has 1 N–H and O–H groups in total. The molecule has 1 aliphatic rings. The SMILES string of the molecule is CCN(CC(=O)NC(C)(C)C)C(=O)c1ccc(C)c(S(=O)(=O)N2CCCCC2)c1. The number of aryl methyl sites for hydroxylation is 1. The van der Waals surface area contributed by atoms with Crippen LogP contribution in [0.15, 0.2) is 23.1 Å². The van der Waals surface area contributed by atoms with Gasteiger partial charge in [0, 0.05) is 30.7 Å². The zero-order valence-electron chi connectivity index (χ0n) is 18.1. The van der Waals surface area contributed by atoms with E-state index in [0.29, 0.717) is 25.2 Å². The molecule has 1 aliphatic heterocycles. The highest BCUT2D eigenvalue weighted by atomic mass is 32.2. The fourth-order valence-electron chi connectivity index (χ4n) is 3.40. The van der Waals surface area contributed by atoms with Crippen LogP contribution in [0.5, 0.6) is 0 Å². The molecule has 0 radical (unpaired) electrons. The molecule has 8 heteroatoms. The van der Waals surface area contributed by atoms with E-state index in [0.717, 1.165) is 19.3 Å². The zero-order chi connectivity index (χ0) is 21.8. The smallest absolute Gasteiger partial charge is 0.254 e. The average Bonchev–Trinajstić information content (AvgIpc) is 2.65. The van der Waals surface area contributed by atoms with Gasteiger partial charge in [-0.3, -0.25) is 9.59 Å². The minimum atomic E-state index is -3.64. The van der Waals surface area contributed by atoms with Crippen molar-refractivity contribution < 1.29 is 18.0 Å². The van der Waals surface area contributed by atoms with Crippen molar-refractivity contribution in [2.24, 2.45) is 0 Å². The molecular weight excluding hydrogens is 390 g/mol. The van der Waals surface area contributed by atoms with Gasteiger partial charge in [0.25, 0.3) is 5.91 Å². The first-order valence-electron chi connectivity index (χ1n) is 10.2. The molecule has 1 aromatic carbocycles. The van der Waals surface area contributed by atoms with Gasteiger partial charge in [-0.15, -0.1) is 0 Å². The summed E-state index contributed by atoms with van der Waals surface area (Å²) >= 11 is 0. The molecule has 7 nitrogen and oxygen atoms in total. The minimum absolute atomic E-state index is 0.0747. The van der Waals surface area contributed by atoms with Crippen molar-refractivity contribution in [1.29, 1.82) is 0 Å². The maximum Gasteiger partial charge on any atom is 0.254 e. The third kappa shape index (κ3) is 6.02. The predicted octanol–water partition coefficient (Wildman–Crippen LogP) is 2.55. The molecule has 1 heterocycles. The first kappa shape index (κ1) is 23.3. The van der Waals surface area contributed by atoms with Crippen molar-refractivity contribution in [2.45, 2.75) is 64.3 Å². The molecule has 162 valence electrons. The second-order valence-corrected chi connectivity index (χ2v) is 10.5. The van der Waals surface area contributed by atoms with Crippen molar-refractivity contribution in [3.63, 3.8) is 0 Å². The van der Waals surface area contributed by atoms with E-state index in [1.807, 2.05) is 20.8 Å². The van der Waals surface area contributed by atoms with Gasteiger partial charge in [0.05, 0.1) is 11.4 Å². The van der Waals surface area contributed by atoms with Gasteiger partial charge in [-0.2, -0.15) is 4.31 Å². The van der Waals surface area contributed by atoms with Gasteiger partial charge in [-0.05, 0) is 65.2 Å². The van der Waals surface area contributed by atoms with Crippen molar-refractivity contribution in [1.82, 2.24) is 14.5 Å². The van der Waals surface area contributed by atoms with Crippen LogP contribution in [0.25, 0.3) is 0 Å². The topological polar surface area (TPSA) is 86.8 Å². The average molecular weight is 424 g/mol. The standard InChI is InChI=1S/C21H33N3O4S/c1-6-23(15-19(25)22-21(3,4)5)20(26)17-11-10-16(2)18(14-17)29(27,28)24-12-8-7-9-13-24/h10-11,14H,6-9,12-13,15H2,1-5H3,(H,22,25). The Balaban J connectivity index is 2.26. The molecule has 0 aliphatic carbocycles. The van der Waals surface area contributed by atoms with Gasteiger partial charge in [0.2, 0.25) is 15.9 Å². The summed E-state index contributed by atoms with van der Waals surface area (Å²) in [4.78, 5) is 26.8. The largest absolute Gasteiger partial charge is 0.350 e. The Labute approximate surface area is 174 Å². The molecule has 1 fully saturated rings. The number of nitrogens with zero attached hydrogens (tertiary/aromatic N) is 2. The highest BCUT2D eigenvalue weighted by Crippen LogP contribution is 2.25. The number of likely N-dealkylation sites (N-methyl/N-ethyl adjacent to an activating group) is 1. The number of carbonyl (C=O) groups is 2. The van der Waals surface area contributed by atoms with E-state index in [1.54, 1.807) is 26.0 Å². The third-order valence-corrected chi connectivity index (χ3v) is 6.93. The van der Waals surface area contributed by atoms with E-state index in [4.69, 9.17) is 0 Å². The zero-order valence-corrected chi connectivity index (χ0v) is 18.9. The molecule has 29 heavy (non-hydrogen) atoms. The number of benzene rings is 1. The summed E-state index contributed by atoms with van der Waals surface area (Å²) in [5, 5.41) is 2.84. The number of sulfonamides is 1.